The van der Waals surface area contributed by atoms with E-state index in [0.717, 1.165) is 24.8 Å². The fourth-order valence-electron chi connectivity index (χ4n) is 3.69. The summed E-state index contributed by atoms with van der Waals surface area (Å²) in [5.41, 5.74) is 1.12. The van der Waals surface area contributed by atoms with E-state index in [-0.39, 0.29) is 11.7 Å². The zero-order valence-electron chi connectivity index (χ0n) is 11.4. The van der Waals surface area contributed by atoms with Crippen molar-refractivity contribution in [2.75, 3.05) is 0 Å². The maximum absolute atomic E-state index is 11.1. The molecule has 1 aromatic carbocycles. The van der Waals surface area contributed by atoms with Crippen LogP contribution < -0.4 is 0 Å². The first kappa shape index (κ1) is 12.2. The Labute approximate surface area is 109 Å². The highest BCUT2D eigenvalue weighted by atomic mass is 16.6. The molecule has 18 heavy (non-hydrogen) atoms. The van der Waals surface area contributed by atoms with Crippen molar-refractivity contribution in [3.8, 4) is 0 Å². The minimum absolute atomic E-state index is 0.193. The summed E-state index contributed by atoms with van der Waals surface area (Å²) in [4.78, 5) is 0. The number of ether oxygens (including phenoxy) is 1. The zero-order chi connectivity index (χ0) is 13.0. The molecule has 2 nitrogen and oxygen atoms in total. The van der Waals surface area contributed by atoms with Crippen molar-refractivity contribution in [2.24, 2.45) is 5.92 Å². The molecule has 98 valence electrons. The highest BCUT2D eigenvalue weighted by molar-refractivity contribution is 5.39. The predicted molar refractivity (Wildman–Crippen MR) is 71.4 cm³/mol. The lowest BCUT2D eigenvalue weighted by atomic mass is 9.76. The van der Waals surface area contributed by atoms with Crippen LogP contribution in [0, 0.1) is 5.92 Å². The van der Waals surface area contributed by atoms with E-state index in [1.54, 1.807) is 0 Å². The van der Waals surface area contributed by atoms with E-state index in [1.807, 2.05) is 13.0 Å². The number of hydrogen-bond donors (Lipinski definition) is 1. The summed E-state index contributed by atoms with van der Waals surface area (Å²) >= 11 is 0. The lowest BCUT2D eigenvalue weighted by Crippen LogP contribution is -2.42. The smallest absolute Gasteiger partial charge is 0.127 e. The van der Waals surface area contributed by atoms with Gasteiger partial charge in [-0.25, -0.2) is 0 Å². The summed E-state index contributed by atoms with van der Waals surface area (Å²) in [5, 5.41) is 11.1. The Morgan fingerprint density at radius 3 is 2.72 bits per heavy atom. The van der Waals surface area contributed by atoms with Crippen molar-refractivity contribution < 1.29 is 9.84 Å². The Bertz CT molecular complexity index is 464. The molecule has 1 spiro atoms. The van der Waals surface area contributed by atoms with Gasteiger partial charge in [-0.15, -0.1) is 0 Å². The van der Waals surface area contributed by atoms with E-state index in [0.29, 0.717) is 5.92 Å². The number of benzene rings is 1. The molecule has 0 amide bonds. The Morgan fingerprint density at radius 1 is 1.33 bits per heavy atom. The van der Waals surface area contributed by atoms with Gasteiger partial charge in [-0.05, 0) is 43.2 Å². The van der Waals surface area contributed by atoms with Gasteiger partial charge in [-0.2, -0.15) is 0 Å². The topological polar surface area (TPSA) is 32.8 Å². The first-order chi connectivity index (χ1) is 8.49. The van der Waals surface area contributed by atoms with Crippen molar-refractivity contribution in [2.45, 2.75) is 57.3 Å². The summed E-state index contributed by atoms with van der Waals surface area (Å²) in [5.74, 6) is 0.460. The van der Waals surface area contributed by atoms with Crippen LogP contribution in [0.15, 0.2) is 24.3 Å². The monoisotopic (exact) mass is 246 g/mol. The number of aliphatic hydroxyl groups is 1. The van der Waals surface area contributed by atoms with E-state index >= 15 is 0 Å². The van der Waals surface area contributed by atoms with Crippen LogP contribution in [-0.2, 0) is 16.8 Å². The van der Waals surface area contributed by atoms with Crippen LogP contribution in [0.5, 0.6) is 0 Å². The van der Waals surface area contributed by atoms with Crippen LogP contribution in [-0.4, -0.2) is 16.8 Å². The average Bonchev–Trinajstić information content (AvgIpc) is 3.07. The van der Waals surface area contributed by atoms with Crippen LogP contribution in [0.1, 0.15) is 44.7 Å². The van der Waals surface area contributed by atoms with Gasteiger partial charge in [-0.3, -0.25) is 0 Å². The van der Waals surface area contributed by atoms with Gasteiger partial charge in [0, 0.05) is 0 Å². The minimum atomic E-state index is -0.866. The highest BCUT2D eigenvalue weighted by Gasteiger charge is 2.68. The molecular formula is C16H22O2. The molecule has 1 aromatic rings. The minimum Gasteiger partial charge on any atom is -0.382 e. The lowest BCUT2D eigenvalue weighted by Gasteiger charge is -2.31. The van der Waals surface area contributed by atoms with Crippen LogP contribution in [0.25, 0.3) is 0 Å². The number of fused-ring (bicyclic) bond motifs is 1. The molecular weight excluding hydrogens is 224 g/mol. The van der Waals surface area contributed by atoms with Gasteiger partial charge in [-0.1, -0.05) is 38.1 Å². The molecule has 1 N–H and O–H groups in total. The largest absolute Gasteiger partial charge is 0.382 e. The van der Waals surface area contributed by atoms with E-state index in [9.17, 15) is 5.11 Å². The molecule has 1 aliphatic heterocycles. The Morgan fingerprint density at radius 2 is 2.06 bits per heavy atom. The third-order valence-electron chi connectivity index (χ3n) is 4.71. The molecule has 0 aromatic heterocycles. The fraction of sp³-hybridized carbons (Fsp3) is 0.625. The average molecular weight is 246 g/mol. The molecule has 2 aliphatic rings. The quantitative estimate of drug-likeness (QED) is 0.773. The Hall–Kier alpha value is -0.860. The Balaban J connectivity index is 2.06. The fourth-order valence-corrected chi connectivity index (χ4v) is 3.69. The van der Waals surface area contributed by atoms with Gasteiger partial charge in [0.15, 0.2) is 0 Å². The van der Waals surface area contributed by atoms with Crippen molar-refractivity contribution in [1.82, 2.24) is 0 Å². The van der Waals surface area contributed by atoms with Crippen LogP contribution >= 0.6 is 0 Å². The predicted octanol–water partition coefficient (Wildman–Crippen LogP) is 3.02. The summed E-state index contributed by atoms with van der Waals surface area (Å²) in [6.45, 7) is 6.28. The zero-order valence-corrected chi connectivity index (χ0v) is 11.4. The molecule has 1 aliphatic carbocycles. The van der Waals surface area contributed by atoms with Crippen molar-refractivity contribution in [3.63, 3.8) is 0 Å². The standard InChI is InChI=1S/C16H22O2/c1-11(2)14-16(18-14)10-6-8-12-7-4-5-9-13(12)15(16,3)17/h4-5,7,9,11,14,17H,6,8,10H2,1-3H3/t14-,15-,16+/m0/s1. The van der Waals surface area contributed by atoms with Gasteiger partial charge >= 0.3 is 0 Å². The van der Waals surface area contributed by atoms with Gasteiger partial charge in [0.1, 0.15) is 11.2 Å². The number of epoxide rings is 1. The summed E-state index contributed by atoms with van der Waals surface area (Å²) in [6, 6.07) is 8.26. The number of rotatable bonds is 1. The van der Waals surface area contributed by atoms with Gasteiger partial charge in [0.25, 0.3) is 0 Å². The molecule has 1 saturated heterocycles. The van der Waals surface area contributed by atoms with Crippen molar-refractivity contribution in [3.05, 3.63) is 35.4 Å². The summed E-state index contributed by atoms with van der Waals surface area (Å²) in [6.07, 6.45) is 3.29. The Kier molecular flexibility index (Phi) is 2.58. The maximum atomic E-state index is 11.1. The molecule has 3 rings (SSSR count). The lowest BCUT2D eigenvalue weighted by molar-refractivity contribution is -0.0296. The third kappa shape index (κ3) is 1.49. The van der Waals surface area contributed by atoms with Crippen LogP contribution in [0.3, 0.4) is 0 Å². The first-order valence-electron chi connectivity index (χ1n) is 6.97. The SMILES string of the molecule is CC(C)[C@@H]1O[C@]12CCCc1ccccc1[C@]2(C)O. The van der Waals surface area contributed by atoms with Crippen molar-refractivity contribution >= 4 is 0 Å². The second-order valence-electron chi connectivity index (χ2n) is 6.25. The maximum Gasteiger partial charge on any atom is 0.127 e. The van der Waals surface area contributed by atoms with E-state index < -0.39 is 5.60 Å². The number of hydrogen-bond acceptors (Lipinski definition) is 2. The second-order valence-corrected chi connectivity index (χ2v) is 6.25. The molecule has 1 heterocycles. The molecule has 0 radical (unpaired) electrons. The van der Waals surface area contributed by atoms with Gasteiger partial charge in [0.2, 0.25) is 0 Å². The molecule has 2 heteroatoms. The molecule has 3 atom stereocenters. The van der Waals surface area contributed by atoms with E-state index in [1.165, 1.54) is 5.56 Å². The van der Waals surface area contributed by atoms with E-state index in [2.05, 4.69) is 32.0 Å². The van der Waals surface area contributed by atoms with Crippen LogP contribution in [0.2, 0.25) is 0 Å². The highest BCUT2D eigenvalue weighted by Crippen LogP contribution is 2.57. The van der Waals surface area contributed by atoms with Crippen molar-refractivity contribution in [1.29, 1.82) is 0 Å². The first-order valence-corrected chi connectivity index (χ1v) is 6.97. The molecule has 0 bridgehead atoms. The van der Waals surface area contributed by atoms with Gasteiger partial charge < -0.3 is 9.84 Å². The van der Waals surface area contributed by atoms with Crippen LogP contribution in [0.4, 0.5) is 0 Å². The van der Waals surface area contributed by atoms with E-state index in [4.69, 9.17) is 4.74 Å². The molecule has 1 fully saturated rings. The number of aryl methyl sites for hydroxylation is 1. The molecule has 0 unspecified atom stereocenters. The molecule has 0 saturated carbocycles. The summed E-state index contributed by atoms with van der Waals surface area (Å²) in [7, 11) is 0. The second kappa shape index (κ2) is 3.82. The third-order valence-corrected chi connectivity index (χ3v) is 4.71. The van der Waals surface area contributed by atoms with Gasteiger partial charge in [0.05, 0.1) is 6.10 Å². The summed E-state index contributed by atoms with van der Waals surface area (Å²) < 4.78 is 6.01. The normalized spacial score (nSPS) is 38.6.